The first-order valence-corrected chi connectivity index (χ1v) is 22.9. The zero-order valence-corrected chi connectivity index (χ0v) is 28.7. The standard InChI is InChI=1S/C28H15Cl3I4/c29-16-9-17(34-23-7-3-1-5-19(23)21-12-27(30)32-14-25(21)34)11-18(10-16)35-24-8-4-2-6-20(24)22-13-28(31)33-15-26(22)35/h1-15H. The van der Waals surface area contributed by atoms with E-state index < -0.39 is 39.6 Å². The van der Waals surface area contributed by atoms with Gasteiger partial charge in [0.1, 0.15) is 0 Å². The van der Waals surface area contributed by atoms with Gasteiger partial charge in [-0.3, -0.25) is 0 Å². The molecule has 0 radical (unpaired) electrons. The summed E-state index contributed by atoms with van der Waals surface area (Å²) in [5, 5.41) is 0.864. The van der Waals surface area contributed by atoms with Crippen LogP contribution in [-0.4, -0.2) is 8.02 Å². The monoisotopic (exact) mass is 964 g/mol. The third-order valence-corrected chi connectivity index (χ3v) is 25.6. The second-order valence-electron chi connectivity index (χ2n) is 7.94. The molecule has 35 heavy (non-hydrogen) atoms. The molecule has 4 heterocycles. The second-order valence-corrected chi connectivity index (χ2v) is 25.7. The molecule has 3 aromatic carbocycles. The van der Waals surface area contributed by atoms with Gasteiger partial charge in [-0.05, 0) is 0 Å². The molecule has 4 aliphatic rings. The normalized spacial score (nSPS) is 19.9. The summed E-state index contributed by atoms with van der Waals surface area (Å²) in [6, 6.07) is 24.9. The predicted octanol–water partition coefficient (Wildman–Crippen LogP) is 10.6. The molecule has 0 aromatic heterocycles. The van der Waals surface area contributed by atoms with Crippen LogP contribution in [0.2, 0.25) is 5.02 Å². The Balaban J connectivity index is 1.42. The van der Waals surface area contributed by atoms with Crippen molar-refractivity contribution in [2.45, 2.75) is 0 Å². The van der Waals surface area contributed by atoms with E-state index in [2.05, 4.69) is 86.9 Å². The maximum atomic E-state index is 6.90. The van der Waals surface area contributed by atoms with Gasteiger partial charge in [0, 0.05) is 0 Å². The topological polar surface area (TPSA) is 0 Å². The molecule has 0 atom stereocenters. The fourth-order valence-corrected chi connectivity index (χ4v) is 26.3. The summed E-state index contributed by atoms with van der Waals surface area (Å²) in [7, 11) is 0. The maximum absolute atomic E-state index is 6.90. The molecular formula is C28H15Cl3I4. The summed E-state index contributed by atoms with van der Waals surface area (Å²) in [6.07, 6.45) is 4.48. The summed E-state index contributed by atoms with van der Waals surface area (Å²) in [5.74, 6) is 0. The molecule has 7 rings (SSSR count). The van der Waals surface area contributed by atoms with Crippen LogP contribution in [0.1, 0.15) is 11.1 Å². The molecule has 3 aromatic rings. The third kappa shape index (κ3) is 4.16. The molecule has 0 saturated heterocycles. The fraction of sp³-hybridized carbons (Fsp3) is 0. The molecule has 0 amide bonds. The van der Waals surface area contributed by atoms with Gasteiger partial charge in [-0.1, -0.05) is 0 Å². The predicted molar refractivity (Wildman–Crippen MR) is 189 cm³/mol. The number of benzene rings is 3. The van der Waals surface area contributed by atoms with Crippen molar-refractivity contribution in [3.05, 3.63) is 123 Å². The summed E-state index contributed by atoms with van der Waals surface area (Å²) < 4.78 is 16.1. The van der Waals surface area contributed by atoms with Gasteiger partial charge in [0.15, 0.2) is 0 Å². The van der Waals surface area contributed by atoms with E-state index in [1.54, 1.807) is 7.16 Å². The molecule has 0 N–H and O–H groups in total. The van der Waals surface area contributed by atoms with Gasteiger partial charge in [-0.25, -0.2) is 0 Å². The van der Waals surface area contributed by atoms with E-state index in [4.69, 9.17) is 34.8 Å². The molecule has 4 aliphatic heterocycles. The van der Waals surface area contributed by atoms with Gasteiger partial charge in [0.2, 0.25) is 0 Å². The Morgan fingerprint density at radius 2 is 1.03 bits per heavy atom. The zero-order valence-electron chi connectivity index (χ0n) is 17.8. The first-order valence-electron chi connectivity index (χ1n) is 10.6. The molecule has 7 heteroatoms. The Kier molecular flexibility index (Phi) is 6.72. The third-order valence-electron chi connectivity index (χ3n) is 5.94. The van der Waals surface area contributed by atoms with Crippen molar-refractivity contribution in [3.63, 3.8) is 0 Å². The minimum absolute atomic E-state index is 0.249. The van der Waals surface area contributed by atoms with E-state index in [9.17, 15) is 0 Å². The molecule has 0 bridgehead atoms. The minimum atomic E-state index is -1.83. The van der Waals surface area contributed by atoms with Gasteiger partial charge < -0.3 is 0 Å². The number of fused-ring (bicyclic) bond motifs is 4. The quantitative estimate of drug-likeness (QED) is 0.225. The summed E-state index contributed by atoms with van der Waals surface area (Å²) in [4.78, 5) is 0. The number of hydrogen-bond donors (Lipinski definition) is 0. The first-order chi connectivity index (χ1) is 17.1. The van der Waals surface area contributed by atoms with Crippen LogP contribution < -0.4 is 0 Å². The molecule has 0 saturated carbocycles. The van der Waals surface area contributed by atoms with Gasteiger partial charge >= 0.3 is 258 Å². The van der Waals surface area contributed by atoms with E-state index in [-0.39, 0.29) is 41.5 Å². The van der Waals surface area contributed by atoms with Crippen LogP contribution in [-0.2, 0) is 0 Å². The number of hydrogen-bond acceptors (Lipinski definition) is 0. The number of allylic oxidation sites excluding steroid dienone is 6. The Morgan fingerprint density at radius 1 is 0.571 bits per heavy atom. The average Bonchev–Trinajstić information content (AvgIpc) is 3.36. The Hall–Kier alpha value is 0.150. The Morgan fingerprint density at radius 3 is 1.51 bits per heavy atom. The van der Waals surface area contributed by atoms with E-state index in [0.29, 0.717) is 0 Å². The molecular weight excluding hydrogens is 950 g/mol. The molecule has 0 fully saturated rings. The average molecular weight is 965 g/mol. The first kappa shape index (κ1) is 24.2. The van der Waals surface area contributed by atoms with Crippen LogP contribution >= 0.6 is 116 Å². The van der Waals surface area contributed by atoms with Crippen molar-refractivity contribution in [3.8, 4) is 0 Å². The van der Waals surface area contributed by atoms with Gasteiger partial charge in [0.25, 0.3) is 0 Å². The van der Waals surface area contributed by atoms with Crippen molar-refractivity contribution < 1.29 is 0 Å². The van der Waals surface area contributed by atoms with Crippen LogP contribution in [0.4, 0.5) is 0 Å². The van der Waals surface area contributed by atoms with E-state index in [0.717, 1.165) is 11.1 Å². The van der Waals surface area contributed by atoms with E-state index in [1.165, 1.54) is 36.6 Å². The van der Waals surface area contributed by atoms with Crippen LogP contribution in [0.5, 0.6) is 0 Å². The Bertz CT molecular complexity index is 1520. The van der Waals surface area contributed by atoms with Crippen molar-refractivity contribution in [2.75, 3.05) is 0 Å². The summed E-state index contributed by atoms with van der Waals surface area (Å²) in [6.45, 7) is 0. The van der Waals surface area contributed by atoms with Crippen molar-refractivity contribution >= 4 is 135 Å². The van der Waals surface area contributed by atoms with E-state index in [1.807, 2.05) is 0 Å². The molecule has 176 valence electrons. The van der Waals surface area contributed by atoms with Gasteiger partial charge in [0.05, 0.1) is 0 Å². The van der Waals surface area contributed by atoms with Crippen LogP contribution in [0.25, 0.3) is 11.1 Å². The van der Waals surface area contributed by atoms with E-state index >= 15 is 0 Å². The molecule has 0 unspecified atom stereocenters. The van der Waals surface area contributed by atoms with Gasteiger partial charge in [-0.2, -0.15) is 0 Å². The molecule has 0 aliphatic carbocycles. The van der Waals surface area contributed by atoms with Crippen LogP contribution in [0.3, 0.4) is 0 Å². The van der Waals surface area contributed by atoms with Gasteiger partial charge in [-0.15, -0.1) is 0 Å². The second kappa shape index (κ2) is 9.72. The van der Waals surface area contributed by atoms with Crippen molar-refractivity contribution in [2.24, 2.45) is 0 Å². The van der Waals surface area contributed by atoms with Crippen LogP contribution in [0, 0.1) is 14.3 Å². The number of halogens is 7. The SMILES string of the molecule is ClC1=CC2=C(C=I1)I(c1cc(Cl)cc(I3C4=C(C=C(Cl)I=C4)c4ccccc43)c1)c1ccccc12. The summed E-state index contributed by atoms with van der Waals surface area (Å²) in [5.41, 5.74) is 5.44. The molecule has 0 spiro atoms. The summed E-state index contributed by atoms with van der Waals surface area (Å²) >= 11 is 15.8. The Labute approximate surface area is 253 Å². The van der Waals surface area contributed by atoms with Crippen LogP contribution in [0.15, 0.2) is 92.1 Å². The molecule has 0 nitrogen and oxygen atoms in total. The fourth-order valence-electron chi connectivity index (χ4n) is 4.55. The van der Waals surface area contributed by atoms with Crippen molar-refractivity contribution in [1.29, 1.82) is 0 Å². The zero-order chi connectivity index (χ0) is 23.7. The van der Waals surface area contributed by atoms with Crippen molar-refractivity contribution in [1.82, 2.24) is 0 Å². The number of rotatable bonds is 2.